The minimum absolute atomic E-state index is 0.00360. The lowest BCUT2D eigenvalue weighted by atomic mass is 10.0. The molecule has 3 aromatic rings. The maximum Gasteiger partial charge on any atom is 0.240 e. The van der Waals surface area contributed by atoms with Crippen molar-refractivity contribution in [2.24, 2.45) is 0 Å². The van der Waals surface area contributed by atoms with E-state index in [0.29, 0.717) is 0 Å². The van der Waals surface area contributed by atoms with E-state index in [1.54, 1.807) is 11.3 Å². The van der Waals surface area contributed by atoms with E-state index in [4.69, 9.17) is 5.26 Å². The zero-order valence-corrected chi connectivity index (χ0v) is 13.8. The molecule has 0 saturated carbocycles. The van der Waals surface area contributed by atoms with Gasteiger partial charge in [-0.05, 0) is 23.9 Å². The molecule has 0 saturated heterocycles. The van der Waals surface area contributed by atoms with Gasteiger partial charge < -0.3 is 5.32 Å². The Morgan fingerprint density at radius 1 is 1.38 bits per heavy atom. The topological polar surface area (TPSA) is 83.6 Å². The monoisotopic (exact) mass is 337 g/mol. The summed E-state index contributed by atoms with van der Waals surface area (Å²) in [6, 6.07) is 13.7. The summed E-state index contributed by atoms with van der Waals surface area (Å²) in [6.07, 6.45) is 1.38. The number of hydrogen-bond donors (Lipinski definition) is 1. The summed E-state index contributed by atoms with van der Waals surface area (Å²) in [5.74, 6) is -0.0848. The maximum absolute atomic E-state index is 12.4. The molecule has 0 aliphatic carbocycles. The van der Waals surface area contributed by atoms with Crippen LogP contribution in [0.4, 0.5) is 0 Å². The Bertz CT molecular complexity index is 861. The number of rotatable bonds is 5. The van der Waals surface area contributed by atoms with E-state index in [1.165, 1.54) is 10.9 Å². The predicted molar refractivity (Wildman–Crippen MR) is 90.2 cm³/mol. The summed E-state index contributed by atoms with van der Waals surface area (Å²) < 4.78 is 1.43. The second-order valence-electron chi connectivity index (χ2n) is 5.32. The molecule has 7 heteroatoms. The van der Waals surface area contributed by atoms with Gasteiger partial charge >= 0.3 is 0 Å². The van der Waals surface area contributed by atoms with E-state index in [9.17, 15) is 4.79 Å². The van der Waals surface area contributed by atoms with E-state index in [-0.39, 0.29) is 24.3 Å². The number of amides is 1. The minimum atomic E-state index is -0.222. The molecular weight excluding hydrogens is 322 g/mol. The first-order valence-corrected chi connectivity index (χ1v) is 8.22. The molecule has 0 fully saturated rings. The number of aryl methyl sites for hydroxylation is 1. The normalized spacial score (nSPS) is 11.7. The van der Waals surface area contributed by atoms with Crippen LogP contribution in [0, 0.1) is 18.3 Å². The van der Waals surface area contributed by atoms with Gasteiger partial charge in [-0.3, -0.25) is 9.36 Å². The SMILES string of the molecule is Cc1ccc(C(NC(=O)Cn2cnnc2C#N)c2cccs2)cc1. The van der Waals surface area contributed by atoms with Gasteiger partial charge in [-0.1, -0.05) is 35.9 Å². The van der Waals surface area contributed by atoms with Crippen LogP contribution in [-0.2, 0) is 11.3 Å². The third-order valence-electron chi connectivity index (χ3n) is 3.57. The molecule has 1 aromatic carbocycles. The van der Waals surface area contributed by atoms with Crippen LogP contribution < -0.4 is 5.32 Å². The van der Waals surface area contributed by atoms with Crippen molar-refractivity contribution in [2.75, 3.05) is 0 Å². The molecule has 0 aliphatic rings. The van der Waals surface area contributed by atoms with Gasteiger partial charge in [-0.15, -0.1) is 21.5 Å². The molecule has 0 spiro atoms. The highest BCUT2D eigenvalue weighted by Crippen LogP contribution is 2.26. The molecule has 0 bridgehead atoms. The van der Waals surface area contributed by atoms with Gasteiger partial charge in [0, 0.05) is 4.88 Å². The molecule has 2 heterocycles. The smallest absolute Gasteiger partial charge is 0.240 e. The molecule has 0 aliphatic heterocycles. The highest BCUT2D eigenvalue weighted by atomic mass is 32.1. The fourth-order valence-electron chi connectivity index (χ4n) is 2.35. The van der Waals surface area contributed by atoms with E-state index in [0.717, 1.165) is 16.0 Å². The molecule has 24 heavy (non-hydrogen) atoms. The Balaban J connectivity index is 1.81. The van der Waals surface area contributed by atoms with Gasteiger partial charge in [0.2, 0.25) is 11.7 Å². The number of thiophene rings is 1. The van der Waals surface area contributed by atoms with Crippen LogP contribution >= 0.6 is 11.3 Å². The zero-order chi connectivity index (χ0) is 16.9. The number of carbonyl (C=O) groups excluding carboxylic acids is 1. The van der Waals surface area contributed by atoms with Crippen LogP contribution in [0.15, 0.2) is 48.1 Å². The van der Waals surface area contributed by atoms with Gasteiger partial charge in [0.05, 0.1) is 6.04 Å². The van der Waals surface area contributed by atoms with Crippen LogP contribution in [0.25, 0.3) is 0 Å². The van der Waals surface area contributed by atoms with Crippen molar-refractivity contribution in [3.05, 3.63) is 69.9 Å². The number of nitriles is 1. The van der Waals surface area contributed by atoms with Crippen molar-refractivity contribution in [1.82, 2.24) is 20.1 Å². The maximum atomic E-state index is 12.4. The fourth-order valence-corrected chi connectivity index (χ4v) is 3.15. The van der Waals surface area contributed by atoms with Crippen LogP contribution in [0.5, 0.6) is 0 Å². The largest absolute Gasteiger partial charge is 0.343 e. The van der Waals surface area contributed by atoms with E-state index < -0.39 is 0 Å². The highest BCUT2D eigenvalue weighted by molar-refractivity contribution is 7.10. The summed E-state index contributed by atoms with van der Waals surface area (Å²) in [5.41, 5.74) is 2.18. The van der Waals surface area contributed by atoms with Crippen molar-refractivity contribution in [2.45, 2.75) is 19.5 Å². The van der Waals surface area contributed by atoms with Gasteiger partial charge in [-0.2, -0.15) is 5.26 Å². The first-order chi connectivity index (χ1) is 11.7. The standard InChI is InChI=1S/C17H15N5OS/c1-12-4-6-13(7-5-12)17(14-3-2-8-24-14)20-16(23)10-22-11-19-21-15(22)9-18/h2-8,11,17H,10H2,1H3,(H,20,23). The Morgan fingerprint density at radius 2 is 2.17 bits per heavy atom. The second-order valence-corrected chi connectivity index (χ2v) is 6.30. The van der Waals surface area contributed by atoms with Gasteiger partial charge in [0.1, 0.15) is 18.9 Å². The molecule has 2 aromatic heterocycles. The first kappa shape index (κ1) is 15.9. The fraction of sp³-hybridized carbons (Fsp3) is 0.176. The van der Waals surface area contributed by atoms with Gasteiger partial charge in [0.15, 0.2) is 0 Å². The van der Waals surface area contributed by atoms with Crippen LogP contribution in [0.1, 0.15) is 27.9 Å². The average molecular weight is 337 g/mol. The first-order valence-electron chi connectivity index (χ1n) is 7.34. The molecule has 6 nitrogen and oxygen atoms in total. The summed E-state index contributed by atoms with van der Waals surface area (Å²) in [5, 5.41) is 21.3. The predicted octanol–water partition coefficient (Wildman–Crippen LogP) is 2.43. The number of hydrogen-bond acceptors (Lipinski definition) is 5. The van der Waals surface area contributed by atoms with Crippen molar-refractivity contribution in [3.8, 4) is 6.07 Å². The third kappa shape index (κ3) is 3.50. The second kappa shape index (κ2) is 7.06. The Hall–Kier alpha value is -2.98. The van der Waals surface area contributed by atoms with Crippen LogP contribution in [0.3, 0.4) is 0 Å². The van der Waals surface area contributed by atoms with Crippen molar-refractivity contribution >= 4 is 17.2 Å². The quantitative estimate of drug-likeness (QED) is 0.775. The lowest BCUT2D eigenvalue weighted by Gasteiger charge is -2.18. The van der Waals surface area contributed by atoms with Crippen LogP contribution in [-0.4, -0.2) is 20.7 Å². The lowest BCUT2D eigenvalue weighted by molar-refractivity contribution is -0.122. The number of aromatic nitrogens is 3. The number of benzene rings is 1. The number of nitrogens with one attached hydrogen (secondary N) is 1. The summed E-state index contributed by atoms with van der Waals surface area (Å²) in [7, 11) is 0. The Morgan fingerprint density at radius 3 is 2.83 bits per heavy atom. The summed E-state index contributed by atoms with van der Waals surface area (Å²) in [4.78, 5) is 13.5. The number of carbonyl (C=O) groups is 1. The molecule has 1 amide bonds. The van der Waals surface area contributed by atoms with Crippen molar-refractivity contribution in [3.63, 3.8) is 0 Å². The molecule has 120 valence electrons. The molecule has 1 N–H and O–H groups in total. The van der Waals surface area contributed by atoms with Gasteiger partial charge in [0.25, 0.3) is 0 Å². The third-order valence-corrected chi connectivity index (χ3v) is 4.51. The minimum Gasteiger partial charge on any atom is -0.343 e. The zero-order valence-electron chi connectivity index (χ0n) is 13.0. The van der Waals surface area contributed by atoms with Crippen LogP contribution in [0.2, 0.25) is 0 Å². The molecule has 1 unspecified atom stereocenters. The van der Waals surface area contributed by atoms with Crippen molar-refractivity contribution < 1.29 is 4.79 Å². The lowest BCUT2D eigenvalue weighted by Crippen LogP contribution is -2.32. The summed E-state index contributed by atoms with van der Waals surface area (Å²) >= 11 is 1.59. The average Bonchev–Trinajstić information content (AvgIpc) is 3.25. The highest BCUT2D eigenvalue weighted by Gasteiger charge is 2.18. The Kier molecular flexibility index (Phi) is 4.68. The molecular formula is C17H15N5OS. The van der Waals surface area contributed by atoms with E-state index in [2.05, 4.69) is 15.5 Å². The molecule has 1 atom stereocenters. The number of nitrogens with zero attached hydrogens (tertiary/aromatic N) is 4. The molecule has 0 radical (unpaired) electrons. The molecule has 3 rings (SSSR count). The van der Waals surface area contributed by atoms with Crippen molar-refractivity contribution in [1.29, 1.82) is 5.26 Å². The Labute approximate surface area is 143 Å². The van der Waals surface area contributed by atoms with E-state index in [1.807, 2.05) is 54.8 Å². The van der Waals surface area contributed by atoms with E-state index >= 15 is 0 Å². The van der Waals surface area contributed by atoms with Gasteiger partial charge in [-0.25, -0.2) is 0 Å². The summed E-state index contributed by atoms with van der Waals surface area (Å²) in [6.45, 7) is 2.03.